The number of hydrogen-bond acceptors (Lipinski definition) is 4. The number of hydrogen-bond donors (Lipinski definition) is 0. The van der Waals surface area contributed by atoms with Crippen molar-refractivity contribution in [3.05, 3.63) is 0 Å². The zero-order valence-electron chi connectivity index (χ0n) is 14.0. The Morgan fingerprint density at radius 1 is 1.00 bits per heavy atom. The molecule has 5 fully saturated rings. The van der Waals surface area contributed by atoms with E-state index in [9.17, 15) is 4.79 Å². The number of morpholine rings is 1. The quantitative estimate of drug-likeness (QED) is 0.588. The number of rotatable bonds is 4. The lowest BCUT2D eigenvalue weighted by molar-refractivity contribution is -0.152. The Balaban J connectivity index is 1.15. The van der Waals surface area contributed by atoms with Gasteiger partial charge in [-0.25, -0.2) is 0 Å². The van der Waals surface area contributed by atoms with E-state index in [-0.39, 0.29) is 11.9 Å². The molecule has 7 unspecified atom stereocenters. The Bertz CT molecular complexity index is 475. The largest absolute Gasteiger partial charge is 0.464 e. The highest BCUT2D eigenvalue weighted by Crippen LogP contribution is 2.68. The van der Waals surface area contributed by atoms with Crippen molar-refractivity contribution in [2.75, 3.05) is 39.5 Å². The smallest absolute Gasteiger partial charge is 0.309 e. The average molecular weight is 319 g/mol. The second-order valence-electron chi connectivity index (χ2n) is 8.61. The van der Waals surface area contributed by atoms with E-state index in [2.05, 4.69) is 4.90 Å². The Kier molecular flexibility index (Phi) is 3.67. The molecule has 0 aromatic heterocycles. The summed E-state index contributed by atoms with van der Waals surface area (Å²) in [5.74, 6) is 5.67. The number of ether oxygens (including phenoxy) is 2. The highest BCUT2D eigenvalue weighted by atomic mass is 16.5. The van der Waals surface area contributed by atoms with Crippen LogP contribution in [0.2, 0.25) is 0 Å². The van der Waals surface area contributed by atoms with Gasteiger partial charge in [0.15, 0.2) is 0 Å². The molecule has 4 nitrogen and oxygen atoms in total. The molecule has 4 heteroatoms. The van der Waals surface area contributed by atoms with Gasteiger partial charge in [-0.2, -0.15) is 0 Å². The fourth-order valence-corrected chi connectivity index (χ4v) is 7.04. The summed E-state index contributed by atoms with van der Waals surface area (Å²) in [6.07, 6.45) is 6.84. The summed E-state index contributed by atoms with van der Waals surface area (Å²) < 4.78 is 11.0. The van der Waals surface area contributed by atoms with Gasteiger partial charge in [0, 0.05) is 19.6 Å². The lowest BCUT2D eigenvalue weighted by atomic mass is 9.67. The molecule has 23 heavy (non-hydrogen) atoms. The molecular weight excluding hydrogens is 290 g/mol. The summed E-state index contributed by atoms with van der Waals surface area (Å²) in [4.78, 5) is 14.9. The van der Waals surface area contributed by atoms with E-state index >= 15 is 0 Å². The third-order valence-electron chi connectivity index (χ3n) is 7.79. The molecule has 4 saturated carbocycles. The summed E-state index contributed by atoms with van der Waals surface area (Å²) in [7, 11) is 0. The first-order valence-corrected chi connectivity index (χ1v) is 9.78. The fourth-order valence-electron chi connectivity index (χ4n) is 7.04. The molecule has 1 heterocycles. The Labute approximate surface area is 138 Å². The SMILES string of the molecule is O=C(OCCN1CCOCC1)C1CC2CC1C1C3CCC(C3)C21. The van der Waals surface area contributed by atoms with E-state index in [1.165, 1.54) is 25.7 Å². The molecule has 5 aliphatic rings. The minimum absolute atomic E-state index is 0.118. The normalized spacial score (nSPS) is 47.9. The molecule has 0 N–H and O–H groups in total. The van der Waals surface area contributed by atoms with Crippen LogP contribution in [0.4, 0.5) is 0 Å². The monoisotopic (exact) mass is 319 g/mol. The maximum Gasteiger partial charge on any atom is 0.309 e. The van der Waals surface area contributed by atoms with Crippen molar-refractivity contribution in [3.63, 3.8) is 0 Å². The van der Waals surface area contributed by atoms with Crippen LogP contribution in [0, 0.1) is 41.4 Å². The summed E-state index contributed by atoms with van der Waals surface area (Å²) >= 11 is 0. The summed E-state index contributed by atoms with van der Waals surface area (Å²) in [6, 6.07) is 0. The van der Waals surface area contributed by atoms with Gasteiger partial charge in [0.1, 0.15) is 6.61 Å². The van der Waals surface area contributed by atoms with Gasteiger partial charge in [-0.3, -0.25) is 9.69 Å². The highest BCUT2D eigenvalue weighted by molar-refractivity contribution is 5.73. The average Bonchev–Trinajstić information content (AvgIpc) is 3.34. The minimum atomic E-state index is 0.118. The molecule has 4 aliphatic carbocycles. The van der Waals surface area contributed by atoms with Crippen LogP contribution >= 0.6 is 0 Å². The molecule has 7 atom stereocenters. The van der Waals surface area contributed by atoms with Gasteiger partial charge in [-0.15, -0.1) is 0 Å². The van der Waals surface area contributed by atoms with Crippen LogP contribution in [0.5, 0.6) is 0 Å². The summed E-state index contributed by atoms with van der Waals surface area (Å²) in [6.45, 7) is 4.99. The van der Waals surface area contributed by atoms with Crippen LogP contribution in [0.25, 0.3) is 0 Å². The Morgan fingerprint density at radius 3 is 2.61 bits per heavy atom. The first kappa shape index (κ1) is 14.7. The van der Waals surface area contributed by atoms with Crippen LogP contribution in [0.3, 0.4) is 0 Å². The Hall–Kier alpha value is -0.610. The maximum atomic E-state index is 12.6. The van der Waals surface area contributed by atoms with Crippen LogP contribution in [-0.2, 0) is 14.3 Å². The van der Waals surface area contributed by atoms with E-state index in [0.29, 0.717) is 12.5 Å². The number of carbonyl (C=O) groups is 1. The third kappa shape index (κ3) is 2.36. The molecule has 5 rings (SSSR count). The topological polar surface area (TPSA) is 38.8 Å². The summed E-state index contributed by atoms with van der Waals surface area (Å²) in [5, 5.41) is 0. The van der Waals surface area contributed by atoms with E-state index < -0.39 is 0 Å². The lowest BCUT2D eigenvalue weighted by Crippen LogP contribution is -2.40. The van der Waals surface area contributed by atoms with Crippen molar-refractivity contribution >= 4 is 5.97 Å². The van der Waals surface area contributed by atoms with Gasteiger partial charge in [0.05, 0.1) is 19.1 Å². The molecule has 0 amide bonds. The molecule has 0 aromatic carbocycles. The number of esters is 1. The van der Waals surface area contributed by atoms with Gasteiger partial charge < -0.3 is 9.47 Å². The van der Waals surface area contributed by atoms with Gasteiger partial charge in [0.25, 0.3) is 0 Å². The number of carbonyl (C=O) groups excluding carboxylic acids is 1. The van der Waals surface area contributed by atoms with E-state index in [0.717, 1.165) is 68.9 Å². The van der Waals surface area contributed by atoms with Gasteiger partial charge in [0.2, 0.25) is 0 Å². The van der Waals surface area contributed by atoms with Crippen molar-refractivity contribution in [2.45, 2.75) is 32.1 Å². The van der Waals surface area contributed by atoms with Crippen LogP contribution in [-0.4, -0.2) is 50.3 Å². The van der Waals surface area contributed by atoms with Crippen LogP contribution < -0.4 is 0 Å². The fraction of sp³-hybridized carbons (Fsp3) is 0.947. The van der Waals surface area contributed by atoms with Gasteiger partial charge in [-0.05, 0) is 67.6 Å². The van der Waals surface area contributed by atoms with Crippen molar-refractivity contribution in [3.8, 4) is 0 Å². The van der Waals surface area contributed by atoms with Gasteiger partial charge in [-0.1, -0.05) is 0 Å². The molecular formula is C19H29NO3. The second-order valence-corrected chi connectivity index (χ2v) is 8.61. The predicted octanol–water partition coefficient (Wildman–Crippen LogP) is 2.18. The molecule has 128 valence electrons. The van der Waals surface area contributed by atoms with Crippen molar-refractivity contribution in [1.29, 1.82) is 0 Å². The maximum absolute atomic E-state index is 12.6. The third-order valence-corrected chi connectivity index (χ3v) is 7.79. The molecule has 4 bridgehead atoms. The first-order valence-electron chi connectivity index (χ1n) is 9.78. The van der Waals surface area contributed by atoms with Crippen LogP contribution in [0.1, 0.15) is 32.1 Å². The summed E-state index contributed by atoms with van der Waals surface area (Å²) in [5.41, 5.74) is 0. The number of fused-ring (bicyclic) bond motifs is 9. The van der Waals surface area contributed by atoms with E-state index in [1.807, 2.05) is 0 Å². The van der Waals surface area contributed by atoms with Crippen molar-refractivity contribution < 1.29 is 14.3 Å². The first-order chi connectivity index (χ1) is 11.3. The van der Waals surface area contributed by atoms with Crippen molar-refractivity contribution in [2.24, 2.45) is 41.4 Å². The van der Waals surface area contributed by atoms with Crippen LogP contribution in [0.15, 0.2) is 0 Å². The molecule has 1 saturated heterocycles. The molecule has 1 aliphatic heterocycles. The zero-order valence-corrected chi connectivity index (χ0v) is 14.0. The van der Waals surface area contributed by atoms with E-state index in [1.54, 1.807) is 0 Å². The highest BCUT2D eigenvalue weighted by Gasteiger charge is 2.63. The lowest BCUT2D eigenvalue weighted by Gasteiger charge is -2.37. The van der Waals surface area contributed by atoms with Gasteiger partial charge >= 0.3 is 5.97 Å². The minimum Gasteiger partial charge on any atom is -0.464 e. The van der Waals surface area contributed by atoms with Crippen molar-refractivity contribution in [1.82, 2.24) is 4.90 Å². The number of nitrogens with zero attached hydrogens (tertiary/aromatic N) is 1. The van der Waals surface area contributed by atoms with E-state index in [4.69, 9.17) is 9.47 Å². The molecule has 0 spiro atoms. The standard InChI is InChI=1S/C19H29NO3/c21-19(23-8-5-20-3-6-22-7-4-20)16-11-14-10-15(16)18-13-2-1-12(9-13)17(14)18/h12-18H,1-11H2. The zero-order chi connectivity index (χ0) is 15.4. The Morgan fingerprint density at radius 2 is 1.78 bits per heavy atom. The molecule has 0 aromatic rings. The molecule has 0 radical (unpaired) electrons. The predicted molar refractivity (Wildman–Crippen MR) is 85.7 cm³/mol. The second kappa shape index (κ2) is 5.73.